The molecule has 2 heteroatoms. The zero-order valence-electron chi connectivity index (χ0n) is 8.96. The predicted molar refractivity (Wildman–Crippen MR) is 59.3 cm³/mol. The number of aliphatic hydroxyl groups is 1. The molecule has 78 valence electrons. The second-order valence-corrected chi connectivity index (χ2v) is 3.86. The van der Waals surface area contributed by atoms with E-state index in [1.54, 1.807) is 0 Å². The van der Waals surface area contributed by atoms with Crippen molar-refractivity contribution in [3.05, 3.63) is 35.4 Å². The van der Waals surface area contributed by atoms with Crippen LogP contribution in [0, 0.1) is 6.92 Å². The van der Waals surface area contributed by atoms with Crippen molar-refractivity contribution in [2.45, 2.75) is 25.7 Å². The van der Waals surface area contributed by atoms with Crippen LogP contribution >= 0.6 is 0 Å². The van der Waals surface area contributed by atoms with Crippen molar-refractivity contribution in [2.24, 2.45) is 5.73 Å². The van der Waals surface area contributed by atoms with Crippen LogP contribution in [0.4, 0.5) is 0 Å². The third-order valence-electron chi connectivity index (χ3n) is 3.03. The maximum Gasteiger partial charge on any atom is 0.0540 e. The molecule has 1 unspecified atom stereocenters. The molecule has 0 aromatic heterocycles. The highest BCUT2D eigenvalue weighted by molar-refractivity contribution is 5.29. The molecule has 0 bridgehead atoms. The van der Waals surface area contributed by atoms with Crippen molar-refractivity contribution in [1.82, 2.24) is 0 Å². The lowest BCUT2D eigenvalue weighted by Gasteiger charge is -2.29. The molecule has 0 spiro atoms. The molecule has 14 heavy (non-hydrogen) atoms. The highest BCUT2D eigenvalue weighted by atomic mass is 16.3. The van der Waals surface area contributed by atoms with Crippen LogP contribution in [0.1, 0.15) is 24.5 Å². The molecule has 2 nitrogen and oxygen atoms in total. The van der Waals surface area contributed by atoms with E-state index in [2.05, 4.69) is 38.1 Å². The quantitative estimate of drug-likeness (QED) is 0.763. The zero-order chi connectivity index (χ0) is 10.6. The minimum absolute atomic E-state index is 0.114. The summed E-state index contributed by atoms with van der Waals surface area (Å²) in [4.78, 5) is 0. The molecule has 0 amide bonds. The largest absolute Gasteiger partial charge is 0.395 e. The molecule has 0 aliphatic carbocycles. The van der Waals surface area contributed by atoms with Crippen molar-refractivity contribution >= 4 is 0 Å². The maximum absolute atomic E-state index is 9.42. The van der Waals surface area contributed by atoms with E-state index in [4.69, 9.17) is 5.73 Å². The van der Waals surface area contributed by atoms with Crippen LogP contribution in [0.3, 0.4) is 0 Å². The molecular weight excluding hydrogens is 174 g/mol. The number of benzene rings is 1. The van der Waals surface area contributed by atoms with Gasteiger partial charge in [0.2, 0.25) is 0 Å². The Labute approximate surface area is 85.8 Å². The van der Waals surface area contributed by atoms with Gasteiger partial charge in [-0.3, -0.25) is 0 Å². The van der Waals surface area contributed by atoms with Crippen molar-refractivity contribution in [3.63, 3.8) is 0 Å². The first-order chi connectivity index (χ1) is 6.68. The van der Waals surface area contributed by atoms with Gasteiger partial charge in [0, 0.05) is 12.0 Å². The van der Waals surface area contributed by atoms with Gasteiger partial charge in [0.1, 0.15) is 0 Å². The van der Waals surface area contributed by atoms with Gasteiger partial charge in [0.05, 0.1) is 6.61 Å². The van der Waals surface area contributed by atoms with Gasteiger partial charge < -0.3 is 10.8 Å². The minimum atomic E-state index is -0.256. The third kappa shape index (κ3) is 1.97. The van der Waals surface area contributed by atoms with Gasteiger partial charge in [0.15, 0.2) is 0 Å². The van der Waals surface area contributed by atoms with Gasteiger partial charge in [-0.2, -0.15) is 0 Å². The monoisotopic (exact) mass is 193 g/mol. The van der Waals surface area contributed by atoms with Gasteiger partial charge >= 0.3 is 0 Å². The molecule has 3 N–H and O–H groups in total. The van der Waals surface area contributed by atoms with Crippen LogP contribution in [0.5, 0.6) is 0 Å². The van der Waals surface area contributed by atoms with E-state index in [1.807, 2.05) is 0 Å². The Hall–Kier alpha value is -0.860. The Kier molecular flexibility index (Phi) is 3.67. The predicted octanol–water partition coefficient (Wildman–Crippen LogP) is 1.59. The molecule has 0 saturated heterocycles. The second-order valence-electron chi connectivity index (χ2n) is 3.86. The minimum Gasteiger partial charge on any atom is -0.395 e. The summed E-state index contributed by atoms with van der Waals surface area (Å²) in [5.74, 6) is 0. The van der Waals surface area contributed by atoms with E-state index in [0.717, 1.165) is 12.0 Å². The van der Waals surface area contributed by atoms with E-state index >= 15 is 0 Å². The molecule has 0 aliphatic rings. The Morgan fingerprint density at radius 1 is 1.29 bits per heavy atom. The first-order valence-electron chi connectivity index (χ1n) is 5.06. The molecule has 1 aromatic carbocycles. The normalized spacial score (nSPS) is 15.1. The SMILES string of the molecule is CCC(CN)(CO)c1ccc(C)cc1. The van der Waals surface area contributed by atoms with Crippen LogP contribution in [0.2, 0.25) is 0 Å². The first kappa shape index (κ1) is 11.2. The smallest absolute Gasteiger partial charge is 0.0540 e. The molecule has 0 radical (unpaired) electrons. The lowest BCUT2D eigenvalue weighted by Crippen LogP contribution is -2.38. The van der Waals surface area contributed by atoms with E-state index in [0.29, 0.717) is 6.54 Å². The van der Waals surface area contributed by atoms with Gasteiger partial charge in [-0.1, -0.05) is 36.8 Å². The third-order valence-corrected chi connectivity index (χ3v) is 3.03. The van der Waals surface area contributed by atoms with Crippen LogP contribution < -0.4 is 5.73 Å². The molecule has 0 fully saturated rings. The number of hydrogen-bond acceptors (Lipinski definition) is 2. The van der Waals surface area contributed by atoms with E-state index in [1.165, 1.54) is 5.56 Å². The average molecular weight is 193 g/mol. The topological polar surface area (TPSA) is 46.2 Å². The molecule has 0 heterocycles. The second kappa shape index (κ2) is 4.58. The highest BCUT2D eigenvalue weighted by Crippen LogP contribution is 2.26. The van der Waals surface area contributed by atoms with E-state index < -0.39 is 0 Å². The Bertz CT molecular complexity index is 267. The lowest BCUT2D eigenvalue weighted by atomic mass is 9.79. The van der Waals surface area contributed by atoms with Crippen LogP contribution in [0.15, 0.2) is 24.3 Å². The van der Waals surface area contributed by atoms with Crippen molar-refractivity contribution < 1.29 is 5.11 Å². The Morgan fingerprint density at radius 3 is 2.21 bits per heavy atom. The molecule has 1 atom stereocenters. The molecule has 0 aliphatic heterocycles. The van der Waals surface area contributed by atoms with E-state index in [-0.39, 0.29) is 12.0 Å². The summed E-state index contributed by atoms with van der Waals surface area (Å²) in [6, 6.07) is 8.24. The fourth-order valence-corrected chi connectivity index (χ4v) is 1.64. The summed E-state index contributed by atoms with van der Waals surface area (Å²) >= 11 is 0. The lowest BCUT2D eigenvalue weighted by molar-refractivity contribution is 0.192. The van der Waals surface area contributed by atoms with E-state index in [9.17, 15) is 5.11 Å². The summed E-state index contributed by atoms with van der Waals surface area (Å²) in [5.41, 5.74) is 7.85. The summed E-state index contributed by atoms with van der Waals surface area (Å²) < 4.78 is 0. The fourth-order valence-electron chi connectivity index (χ4n) is 1.64. The number of aliphatic hydroxyl groups excluding tert-OH is 1. The zero-order valence-corrected chi connectivity index (χ0v) is 8.96. The van der Waals surface area contributed by atoms with Crippen molar-refractivity contribution in [3.8, 4) is 0 Å². The summed E-state index contributed by atoms with van der Waals surface area (Å²) in [6.07, 6.45) is 0.864. The summed E-state index contributed by atoms with van der Waals surface area (Å²) in [6.45, 7) is 4.72. The van der Waals surface area contributed by atoms with Crippen LogP contribution in [0.25, 0.3) is 0 Å². The number of nitrogens with two attached hydrogens (primary N) is 1. The molecule has 1 aromatic rings. The fraction of sp³-hybridized carbons (Fsp3) is 0.500. The Morgan fingerprint density at radius 2 is 1.86 bits per heavy atom. The first-order valence-corrected chi connectivity index (χ1v) is 5.06. The summed E-state index contributed by atoms with van der Waals surface area (Å²) in [7, 11) is 0. The Balaban J connectivity index is 3.05. The van der Waals surface area contributed by atoms with Gasteiger partial charge in [0.25, 0.3) is 0 Å². The number of hydrogen-bond donors (Lipinski definition) is 2. The highest BCUT2D eigenvalue weighted by Gasteiger charge is 2.27. The van der Waals surface area contributed by atoms with Crippen molar-refractivity contribution in [1.29, 1.82) is 0 Å². The average Bonchev–Trinajstić information content (AvgIpc) is 2.24. The molecular formula is C12H19NO. The van der Waals surface area contributed by atoms with Crippen LogP contribution in [-0.4, -0.2) is 18.3 Å². The molecule has 1 rings (SSSR count). The standard InChI is InChI=1S/C12H19NO/c1-3-12(8-13,9-14)11-6-4-10(2)5-7-11/h4-7,14H,3,8-9,13H2,1-2H3. The van der Waals surface area contributed by atoms with Gasteiger partial charge in [-0.05, 0) is 18.9 Å². The maximum atomic E-state index is 9.42. The van der Waals surface area contributed by atoms with Gasteiger partial charge in [-0.25, -0.2) is 0 Å². The van der Waals surface area contributed by atoms with Gasteiger partial charge in [-0.15, -0.1) is 0 Å². The van der Waals surface area contributed by atoms with Crippen LogP contribution in [-0.2, 0) is 5.41 Å². The summed E-state index contributed by atoms with van der Waals surface area (Å²) in [5, 5.41) is 9.42. The number of rotatable bonds is 4. The number of aryl methyl sites for hydroxylation is 1. The van der Waals surface area contributed by atoms with Crippen molar-refractivity contribution in [2.75, 3.05) is 13.2 Å². The molecule has 0 saturated carbocycles.